The molecule has 0 aromatic heterocycles. The van der Waals surface area contributed by atoms with Crippen molar-refractivity contribution in [1.29, 1.82) is 0 Å². The largest absolute Gasteiger partial charge is 0.481 e. The van der Waals surface area contributed by atoms with Gasteiger partial charge >= 0.3 is 11.9 Å². The minimum atomic E-state index is -1.24. The molecule has 4 aliphatic rings. The Labute approximate surface area is 244 Å². The van der Waals surface area contributed by atoms with Crippen molar-refractivity contribution in [2.45, 2.75) is 94.3 Å². The van der Waals surface area contributed by atoms with Crippen LogP contribution in [0.3, 0.4) is 0 Å². The summed E-state index contributed by atoms with van der Waals surface area (Å²) in [6, 6.07) is 2.80. The van der Waals surface area contributed by atoms with Gasteiger partial charge in [-0.3, -0.25) is 9.59 Å². The molecule has 228 valence electrons. The molecule has 2 heterocycles. The van der Waals surface area contributed by atoms with Crippen LogP contribution in [0.1, 0.15) is 62.6 Å². The van der Waals surface area contributed by atoms with E-state index in [9.17, 15) is 29.4 Å². The fourth-order valence-electron chi connectivity index (χ4n) is 7.04. The Hall–Kier alpha value is -3.32. The van der Waals surface area contributed by atoms with Crippen LogP contribution in [-0.4, -0.2) is 88.8 Å². The summed E-state index contributed by atoms with van der Waals surface area (Å²) in [5.74, 6) is -1.28. The minimum absolute atomic E-state index is 0.0429. The summed E-state index contributed by atoms with van der Waals surface area (Å²) in [6.07, 6.45) is 1.31. The molecule has 1 saturated heterocycles. The van der Waals surface area contributed by atoms with Gasteiger partial charge < -0.3 is 45.2 Å². The highest BCUT2D eigenvalue weighted by molar-refractivity contribution is 5.84. The quantitative estimate of drug-likeness (QED) is 0.260. The Morgan fingerprint density at radius 2 is 2.02 bits per heavy atom. The van der Waals surface area contributed by atoms with Gasteiger partial charge in [-0.1, -0.05) is 12.1 Å². The number of nitrogens with zero attached hydrogens (tertiary/aromatic N) is 1. The molecule has 0 radical (unpaired) electrons. The maximum absolute atomic E-state index is 13.1. The van der Waals surface area contributed by atoms with E-state index in [0.717, 1.165) is 11.1 Å². The van der Waals surface area contributed by atoms with Crippen LogP contribution in [0.25, 0.3) is 0 Å². The van der Waals surface area contributed by atoms with E-state index in [4.69, 9.17) is 19.9 Å². The van der Waals surface area contributed by atoms with Crippen LogP contribution in [0, 0.1) is 0 Å². The monoisotopic (exact) mass is 585 g/mol. The van der Waals surface area contributed by atoms with E-state index in [1.807, 2.05) is 19.2 Å². The molecule has 0 unspecified atom stereocenters. The molecule has 2 bridgehead atoms. The molecule has 12 nitrogen and oxygen atoms in total. The second kappa shape index (κ2) is 11.4. The number of Topliss-reactive ketones (excluding diaryl/α,β-unsaturated/α-hetero) is 1. The number of aliphatic hydroxyl groups is 2. The average Bonchev–Trinajstić information content (AvgIpc) is 3.30. The fraction of sp³-hybridized carbons (Fsp3) is 0.600. The first-order chi connectivity index (χ1) is 19.9. The first-order valence-corrected chi connectivity index (χ1v) is 14.4. The molecule has 2 aliphatic heterocycles. The number of nitrogens with one attached hydrogen (secondary N) is 1. The van der Waals surface area contributed by atoms with E-state index in [1.165, 1.54) is 13.8 Å². The predicted molar refractivity (Wildman–Crippen MR) is 148 cm³/mol. The molecule has 1 spiro atoms. The van der Waals surface area contributed by atoms with E-state index in [1.54, 1.807) is 6.08 Å². The number of piperidine rings is 1. The average molecular weight is 586 g/mol. The van der Waals surface area contributed by atoms with Gasteiger partial charge in [0, 0.05) is 36.6 Å². The number of amides is 1. The zero-order valence-electron chi connectivity index (χ0n) is 24.2. The number of likely N-dealkylation sites (N-methyl/N-ethyl adjacent to an activating group) is 1. The molecule has 1 amide bonds. The number of carbonyl (C=O) groups is 4. The standard InChI is InChI=1S/C30H39N3O9/c1-16(35)4-7-20(31)27(37)32-12-9-23(36)40-17(2)28(38)41-21-8-10-30(39)22-14-18-5-6-19(15-34)25-24(18)29(30,26(21)42-25)11-13-33(22)3/h5-6,8,17,20,22,26,34,39H,4,7,9-15,31H2,1-3H3,(H,32,37)/t17-,20-,22+,26-,29-,30+/m0/s1. The zero-order valence-corrected chi connectivity index (χ0v) is 24.2. The van der Waals surface area contributed by atoms with Crippen LogP contribution in [0.2, 0.25) is 0 Å². The summed E-state index contributed by atoms with van der Waals surface area (Å²) >= 11 is 0. The third kappa shape index (κ3) is 4.89. The van der Waals surface area contributed by atoms with Gasteiger partial charge in [0.1, 0.15) is 17.3 Å². The van der Waals surface area contributed by atoms with Gasteiger partial charge in [-0.2, -0.15) is 0 Å². The summed E-state index contributed by atoms with van der Waals surface area (Å²) in [5.41, 5.74) is 6.28. The van der Waals surface area contributed by atoms with Gasteiger partial charge in [-0.15, -0.1) is 0 Å². The predicted octanol–water partition coefficient (Wildman–Crippen LogP) is 0.134. The summed E-state index contributed by atoms with van der Waals surface area (Å²) in [7, 11) is 2.00. The van der Waals surface area contributed by atoms with Crippen molar-refractivity contribution in [2.24, 2.45) is 5.73 Å². The number of benzene rings is 1. The molecule has 5 N–H and O–H groups in total. The Morgan fingerprint density at radius 3 is 2.74 bits per heavy atom. The molecular weight excluding hydrogens is 546 g/mol. The second-order valence-corrected chi connectivity index (χ2v) is 11.8. The molecular formula is C30H39N3O9. The van der Waals surface area contributed by atoms with Crippen LogP contribution in [0.15, 0.2) is 24.0 Å². The molecule has 1 fully saturated rings. The molecule has 12 heteroatoms. The third-order valence-corrected chi connectivity index (χ3v) is 9.26. The third-order valence-electron chi connectivity index (χ3n) is 9.26. The maximum Gasteiger partial charge on any atom is 0.352 e. The molecule has 1 aromatic rings. The molecule has 6 atom stereocenters. The van der Waals surface area contributed by atoms with Crippen molar-refractivity contribution in [3.8, 4) is 5.75 Å². The highest BCUT2D eigenvalue weighted by Gasteiger charge is 2.71. The Balaban J connectivity index is 1.24. The van der Waals surface area contributed by atoms with E-state index >= 15 is 0 Å². The van der Waals surface area contributed by atoms with Gasteiger partial charge in [0.05, 0.1) is 30.1 Å². The number of ether oxygens (including phenoxy) is 3. The van der Waals surface area contributed by atoms with E-state index in [-0.39, 0.29) is 56.4 Å². The van der Waals surface area contributed by atoms with Crippen LogP contribution < -0.4 is 15.8 Å². The van der Waals surface area contributed by atoms with Crippen LogP contribution in [0.5, 0.6) is 5.75 Å². The maximum atomic E-state index is 13.1. The number of rotatable bonds is 11. The first-order valence-electron chi connectivity index (χ1n) is 14.4. The minimum Gasteiger partial charge on any atom is -0.481 e. The molecule has 42 heavy (non-hydrogen) atoms. The first kappa shape index (κ1) is 30.1. The Kier molecular flexibility index (Phi) is 8.18. The van der Waals surface area contributed by atoms with Gasteiger partial charge in [0.25, 0.3) is 0 Å². The van der Waals surface area contributed by atoms with Crippen LogP contribution in [-0.2, 0) is 47.1 Å². The van der Waals surface area contributed by atoms with E-state index in [2.05, 4.69) is 10.2 Å². The number of hydrogen-bond donors (Lipinski definition) is 4. The lowest BCUT2D eigenvalue weighted by Crippen LogP contribution is -2.74. The number of ketones is 1. The molecule has 2 aliphatic carbocycles. The molecule has 1 aromatic carbocycles. The Morgan fingerprint density at radius 1 is 1.26 bits per heavy atom. The topological polar surface area (TPSA) is 178 Å². The highest BCUT2D eigenvalue weighted by Crippen LogP contribution is 2.64. The summed E-state index contributed by atoms with van der Waals surface area (Å²) in [6.45, 7) is 3.25. The fourth-order valence-corrected chi connectivity index (χ4v) is 7.04. The van der Waals surface area contributed by atoms with Crippen molar-refractivity contribution in [3.63, 3.8) is 0 Å². The number of hydrogen-bond acceptors (Lipinski definition) is 11. The summed E-state index contributed by atoms with van der Waals surface area (Å²) < 4.78 is 17.5. The van der Waals surface area contributed by atoms with Crippen LogP contribution in [0.4, 0.5) is 0 Å². The number of esters is 2. The molecule has 0 saturated carbocycles. The second-order valence-electron chi connectivity index (χ2n) is 11.8. The zero-order chi connectivity index (χ0) is 30.4. The van der Waals surface area contributed by atoms with Gasteiger partial charge in [-0.25, -0.2) is 4.79 Å². The van der Waals surface area contributed by atoms with Crippen molar-refractivity contribution in [2.75, 3.05) is 20.1 Å². The van der Waals surface area contributed by atoms with Gasteiger partial charge in [-0.05, 0) is 58.3 Å². The number of nitrogens with two attached hydrogens (primary N) is 1. The lowest BCUT2D eigenvalue weighted by molar-refractivity contribution is -0.175. The lowest BCUT2D eigenvalue weighted by Gasteiger charge is -2.61. The SMILES string of the molecule is CC(=O)CC[C@H](N)C(=O)NCCC(=O)O[C@@H](C)C(=O)OC1=CC[C@@]2(O)[C@H]3Cc4ccc(CO)c5c4[C@@]2(CCN3C)[C@H]1O5. The van der Waals surface area contributed by atoms with Crippen molar-refractivity contribution < 1.29 is 43.6 Å². The van der Waals surface area contributed by atoms with Crippen molar-refractivity contribution in [3.05, 3.63) is 40.7 Å². The molecule has 5 rings (SSSR count). The van der Waals surface area contributed by atoms with Crippen molar-refractivity contribution >= 4 is 23.6 Å². The summed E-state index contributed by atoms with van der Waals surface area (Å²) in [4.78, 5) is 50.7. The number of carbonyl (C=O) groups excluding carboxylic acids is 4. The number of aliphatic hydroxyl groups excluding tert-OH is 1. The Bertz CT molecular complexity index is 1330. The van der Waals surface area contributed by atoms with Crippen molar-refractivity contribution in [1.82, 2.24) is 10.2 Å². The van der Waals surface area contributed by atoms with Gasteiger partial charge in [0.15, 0.2) is 12.2 Å². The van der Waals surface area contributed by atoms with Gasteiger partial charge in [0.2, 0.25) is 5.91 Å². The normalized spacial score (nSPS) is 28.5. The van der Waals surface area contributed by atoms with Crippen LogP contribution >= 0.6 is 0 Å². The van der Waals surface area contributed by atoms with E-state index < -0.39 is 47.1 Å². The lowest BCUT2D eigenvalue weighted by atomic mass is 9.50. The smallest absolute Gasteiger partial charge is 0.352 e. The number of likely N-dealkylation sites (tertiary alicyclic amines) is 1. The highest BCUT2D eigenvalue weighted by atomic mass is 16.6. The summed E-state index contributed by atoms with van der Waals surface area (Å²) in [5, 5.41) is 24.8. The van der Waals surface area contributed by atoms with E-state index in [0.29, 0.717) is 30.7 Å².